The van der Waals surface area contributed by atoms with Gasteiger partial charge in [-0.1, -0.05) is 44.2 Å². The second-order valence-electron chi connectivity index (χ2n) is 5.43. The summed E-state index contributed by atoms with van der Waals surface area (Å²) in [6.45, 7) is 4.73. The number of benzene rings is 1. The van der Waals surface area contributed by atoms with Gasteiger partial charge in [0.2, 0.25) is 11.8 Å². The molecule has 2 atom stereocenters. The van der Waals surface area contributed by atoms with Gasteiger partial charge >= 0.3 is 5.97 Å². The number of carbonyl (C=O) groups excluding carboxylic acids is 2. The van der Waals surface area contributed by atoms with Gasteiger partial charge in [0.1, 0.15) is 12.1 Å². The fraction of sp³-hybridized carbons (Fsp3) is 0.438. The highest BCUT2D eigenvalue weighted by molar-refractivity contribution is 5.90. The van der Waals surface area contributed by atoms with Crippen LogP contribution < -0.4 is 10.6 Å². The van der Waals surface area contributed by atoms with E-state index in [0.717, 1.165) is 5.56 Å². The van der Waals surface area contributed by atoms with Gasteiger partial charge in [-0.3, -0.25) is 9.59 Å². The van der Waals surface area contributed by atoms with E-state index in [4.69, 9.17) is 6.52 Å². The summed E-state index contributed by atoms with van der Waals surface area (Å²) in [4.78, 5) is 35.2. The Hall–Kier alpha value is -2.37. The SMILES string of the molecule is [2H]N(C(=O)Cc1ccccc1)[C@@H](C)C(=O)N[C@H](C(=O)O)C(C)C. The standard InChI is InChI=1S/C16H22N2O4/c1-10(2)14(16(21)22)18-15(20)11(3)17-13(19)9-12-7-5-4-6-8-12/h4-8,10-11,14H,9H2,1-3H3,(H,17,19)(H,18,20)(H,21,22)/t11-,14-/m0/s1/i/hD. The van der Waals surface area contributed by atoms with E-state index in [1.807, 2.05) is 6.07 Å². The summed E-state index contributed by atoms with van der Waals surface area (Å²) in [5.74, 6) is -2.65. The molecule has 0 bridgehead atoms. The maximum absolute atomic E-state index is 12.1. The summed E-state index contributed by atoms with van der Waals surface area (Å²) in [5, 5.41) is 12.0. The van der Waals surface area contributed by atoms with Crippen molar-refractivity contribution in [1.82, 2.24) is 10.6 Å². The van der Waals surface area contributed by atoms with Crippen LogP contribution in [0.3, 0.4) is 0 Å². The van der Waals surface area contributed by atoms with Crippen molar-refractivity contribution >= 4 is 17.8 Å². The van der Waals surface area contributed by atoms with E-state index < -0.39 is 29.9 Å². The molecule has 120 valence electrons. The number of carboxylic acid groups (broad SMARTS) is 1. The smallest absolute Gasteiger partial charge is 0.326 e. The van der Waals surface area contributed by atoms with E-state index in [-0.39, 0.29) is 12.3 Å². The molecule has 0 spiro atoms. The molecule has 0 radical (unpaired) electrons. The second kappa shape index (κ2) is 8.17. The summed E-state index contributed by atoms with van der Waals surface area (Å²) in [6.07, 6.45) is 0.00843. The van der Waals surface area contributed by atoms with Gasteiger partial charge in [-0.2, -0.15) is 0 Å². The number of amides is 2. The van der Waals surface area contributed by atoms with Crippen LogP contribution in [0.25, 0.3) is 0 Å². The molecule has 0 aliphatic heterocycles. The van der Waals surface area contributed by atoms with E-state index in [1.54, 1.807) is 38.1 Å². The first kappa shape index (κ1) is 16.0. The third kappa shape index (κ3) is 5.55. The topological polar surface area (TPSA) is 95.5 Å². The lowest BCUT2D eigenvalue weighted by molar-refractivity contribution is -0.143. The van der Waals surface area contributed by atoms with E-state index in [9.17, 15) is 14.4 Å². The molecule has 0 saturated heterocycles. The molecule has 22 heavy (non-hydrogen) atoms. The molecule has 1 rings (SSSR count). The quantitative estimate of drug-likeness (QED) is 0.699. The van der Waals surface area contributed by atoms with Crippen LogP contribution in [0.5, 0.6) is 0 Å². The molecule has 6 heteroatoms. The van der Waals surface area contributed by atoms with Crippen LogP contribution in [0.1, 0.15) is 26.3 Å². The average Bonchev–Trinajstić information content (AvgIpc) is 2.51. The predicted molar refractivity (Wildman–Crippen MR) is 82.2 cm³/mol. The van der Waals surface area contributed by atoms with Gasteiger partial charge in [-0.05, 0) is 18.4 Å². The van der Waals surface area contributed by atoms with Gasteiger partial charge < -0.3 is 15.7 Å². The Labute approximate surface area is 131 Å². The van der Waals surface area contributed by atoms with Gasteiger partial charge in [-0.15, -0.1) is 0 Å². The van der Waals surface area contributed by atoms with E-state index in [1.165, 1.54) is 6.92 Å². The first-order chi connectivity index (χ1) is 10.7. The highest BCUT2D eigenvalue weighted by atomic mass is 16.4. The minimum Gasteiger partial charge on any atom is -0.480 e. The number of hydrogen-bond acceptors (Lipinski definition) is 3. The third-order valence-electron chi connectivity index (χ3n) is 3.15. The van der Waals surface area contributed by atoms with Crippen LogP contribution in [-0.2, 0) is 20.8 Å². The number of rotatable bonds is 7. The lowest BCUT2D eigenvalue weighted by atomic mass is 10.0. The van der Waals surface area contributed by atoms with Crippen molar-refractivity contribution in [2.24, 2.45) is 5.92 Å². The van der Waals surface area contributed by atoms with Gasteiger partial charge in [0.15, 0.2) is 1.41 Å². The maximum Gasteiger partial charge on any atom is 0.326 e. The van der Waals surface area contributed by atoms with E-state index >= 15 is 0 Å². The first-order valence-corrected chi connectivity index (χ1v) is 7.12. The van der Waals surface area contributed by atoms with Gasteiger partial charge in [0.25, 0.3) is 0 Å². The number of hydrogen-bond donors (Lipinski definition) is 3. The van der Waals surface area contributed by atoms with Crippen molar-refractivity contribution in [3.63, 3.8) is 0 Å². The highest BCUT2D eigenvalue weighted by Gasteiger charge is 2.26. The molecular formula is C16H22N2O4. The van der Waals surface area contributed by atoms with Gasteiger partial charge in [0.05, 0.1) is 6.42 Å². The molecule has 3 N–H and O–H groups in total. The molecule has 6 nitrogen and oxygen atoms in total. The molecule has 0 saturated carbocycles. The maximum atomic E-state index is 12.1. The van der Waals surface area contributed by atoms with Crippen molar-refractivity contribution in [2.45, 2.75) is 39.3 Å². The molecule has 0 fully saturated rings. The zero-order chi connectivity index (χ0) is 17.6. The number of nitrogens with one attached hydrogen (secondary N) is 2. The summed E-state index contributed by atoms with van der Waals surface area (Å²) < 4.78 is 7.80. The molecule has 1 aromatic carbocycles. The molecule has 1 aromatic rings. The fourth-order valence-electron chi connectivity index (χ4n) is 1.88. The zero-order valence-electron chi connectivity index (χ0n) is 13.9. The summed E-state index contributed by atoms with van der Waals surface area (Å²) in [7, 11) is 0. The first-order valence-electron chi connectivity index (χ1n) is 7.56. The van der Waals surface area contributed by atoms with Crippen LogP contribution in [0.15, 0.2) is 30.3 Å². The van der Waals surface area contributed by atoms with Crippen molar-refractivity contribution in [3.05, 3.63) is 35.9 Å². The third-order valence-corrected chi connectivity index (χ3v) is 3.15. The highest BCUT2D eigenvalue weighted by Crippen LogP contribution is 2.03. The van der Waals surface area contributed by atoms with E-state index in [0.29, 0.717) is 5.31 Å². The Morgan fingerprint density at radius 3 is 2.27 bits per heavy atom. The Balaban J connectivity index is 2.67. The van der Waals surface area contributed by atoms with Gasteiger partial charge in [-0.25, -0.2) is 4.79 Å². The number of carbonyl (C=O) groups is 3. The van der Waals surface area contributed by atoms with Crippen molar-refractivity contribution < 1.29 is 20.9 Å². The van der Waals surface area contributed by atoms with Crippen LogP contribution in [-0.4, -0.2) is 35.0 Å². The minimum atomic E-state index is -1.15. The summed E-state index contributed by atoms with van der Waals surface area (Å²) in [5.41, 5.74) is 0.743. The normalized spacial score (nSPS) is 13.9. The number of carboxylic acids is 1. The predicted octanol–water partition coefficient (Wildman–Crippen LogP) is 0.959. The lowest BCUT2D eigenvalue weighted by Crippen LogP contribution is -2.52. The van der Waals surface area contributed by atoms with Gasteiger partial charge in [0, 0.05) is 0 Å². The van der Waals surface area contributed by atoms with Crippen LogP contribution in [0.4, 0.5) is 0 Å². The zero-order valence-corrected chi connectivity index (χ0v) is 12.9. The lowest BCUT2D eigenvalue weighted by Gasteiger charge is -2.21. The molecule has 0 heterocycles. The molecule has 0 aromatic heterocycles. The summed E-state index contributed by atoms with van der Waals surface area (Å²) >= 11 is 0. The Morgan fingerprint density at radius 1 is 1.18 bits per heavy atom. The van der Waals surface area contributed by atoms with Crippen LogP contribution in [0.2, 0.25) is 1.41 Å². The minimum absolute atomic E-state index is 0.00843. The molecule has 0 aliphatic carbocycles. The van der Waals surface area contributed by atoms with Crippen molar-refractivity contribution in [2.75, 3.05) is 0 Å². The molecule has 0 aliphatic rings. The van der Waals surface area contributed by atoms with Crippen LogP contribution in [0, 0.1) is 5.92 Å². The summed E-state index contributed by atoms with van der Waals surface area (Å²) in [6, 6.07) is 6.78. The Morgan fingerprint density at radius 2 is 1.77 bits per heavy atom. The largest absolute Gasteiger partial charge is 0.480 e. The molecular weight excluding hydrogens is 284 g/mol. The van der Waals surface area contributed by atoms with Crippen LogP contribution >= 0.6 is 0 Å². The molecule has 2 amide bonds. The Kier molecular flexibility index (Phi) is 5.94. The molecule has 0 unspecified atom stereocenters. The average molecular weight is 307 g/mol. The van der Waals surface area contributed by atoms with E-state index in [2.05, 4.69) is 5.32 Å². The van der Waals surface area contributed by atoms with Crippen molar-refractivity contribution in [1.29, 1.82) is 0 Å². The second-order valence-corrected chi connectivity index (χ2v) is 5.43. The monoisotopic (exact) mass is 307 g/mol. The Bertz CT molecular complexity index is 562. The number of aliphatic carboxylic acids is 1. The fourth-order valence-corrected chi connectivity index (χ4v) is 1.88. The van der Waals surface area contributed by atoms with Crippen molar-refractivity contribution in [3.8, 4) is 0 Å².